The second kappa shape index (κ2) is 48.3. The van der Waals surface area contributed by atoms with Gasteiger partial charge in [0, 0.05) is 6.42 Å². The van der Waals surface area contributed by atoms with Gasteiger partial charge < -0.3 is 40.3 Å². The van der Waals surface area contributed by atoms with Gasteiger partial charge in [0.2, 0.25) is 5.91 Å². The van der Waals surface area contributed by atoms with Gasteiger partial charge in [-0.2, -0.15) is 0 Å². The summed E-state index contributed by atoms with van der Waals surface area (Å²) in [5.74, 6) is -0.187. The van der Waals surface area contributed by atoms with Gasteiger partial charge in [0.15, 0.2) is 6.29 Å². The van der Waals surface area contributed by atoms with Gasteiger partial charge >= 0.3 is 0 Å². The second-order valence-corrected chi connectivity index (χ2v) is 19.3. The second-order valence-electron chi connectivity index (χ2n) is 19.3. The maximum absolute atomic E-state index is 13.0. The molecule has 0 saturated carbocycles. The molecule has 0 radical (unpaired) electrons. The maximum atomic E-state index is 13.0. The lowest BCUT2D eigenvalue weighted by Gasteiger charge is -2.40. The molecule has 0 aromatic heterocycles. The van der Waals surface area contributed by atoms with E-state index in [1.165, 1.54) is 154 Å². The Morgan fingerprint density at radius 1 is 0.515 bits per heavy atom. The first-order valence-electron chi connectivity index (χ1n) is 28.2. The van der Waals surface area contributed by atoms with E-state index in [-0.39, 0.29) is 12.5 Å². The van der Waals surface area contributed by atoms with Gasteiger partial charge in [-0.15, -0.1) is 0 Å². The molecule has 1 aliphatic heterocycles. The first kappa shape index (κ1) is 63.6. The molecular formula is C59H105NO8. The van der Waals surface area contributed by atoms with Crippen LogP contribution in [0, 0.1) is 0 Å². The van der Waals surface area contributed by atoms with Crippen LogP contribution in [0.3, 0.4) is 0 Å². The molecule has 1 rings (SSSR count). The summed E-state index contributed by atoms with van der Waals surface area (Å²) in [6.45, 7) is 3.65. The summed E-state index contributed by atoms with van der Waals surface area (Å²) < 4.78 is 11.2. The van der Waals surface area contributed by atoms with Crippen LogP contribution in [0.4, 0.5) is 0 Å². The molecule has 1 heterocycles. The molecule has 0 bridgehead atoms. The lowest BCUT2D eigenvalue weighted by molar-refractivity contribution is -0.302. The van der Waals surface area contributed by atoms with Crippen molar-refractivity contribution in [1.29, 1.82) is 0 Å². The van der Waals surface area contributed by atoms with E-state index < -0.39 is 49.5 Å². The third-order valence-corrected chi connectivity index (χ3v) is 13.0. The number of aliphatic hydroxyl groups is 5. The molecule has 394 valence electrons. The van der Waals surface area contributed by atoms with E-state index in [4.69, 9.17) is 9.47 Å². The Labute approximate surface area is 417 Å². The lowest BCUT2D eigenvalue weighted by Crippen LogP contribution is -2.60. The van der Waals surface area contributed by atoms with Gasteiger partial charge in [-0.05, 0) is 70.6 Å². The minimum absolute atomic E-state index is 0.187. The van der Waals surface area contributed by atoms with Crippen LogP contribution in [-0.4, -0.2) is 87.5 Å². The summed E-state index contributed by atoms with van der Waals surface area (Å²) in [5.41, 5.74) is 0. The Balaban J connectivity index is 2.16. The van der Waals surface area contributed by atoms with Gasteiger partial charge in [0.25, 0.3) is 0 Å². The number of aliphatic hydroxyl groups excluding tert-OH is 5. The van der Waals surface area contributed by atoms with E-state index in [0.29, 0.717) is 6.42 Å². The highest BCUT2D eigenvalue weighted by atomic mass is 16.7. The van der Waals surface area contributed by atoms with Crippen molar-refractivity contribution in [1.82, 2.24) is 5.32 Å². The third-order valence-electron chi connectivity index (χ3n) is 13.0. The Kier molecular flexibility index (Phi) is 45.2. The Morgan fingerprint density at radius 2 is 0.926 bits per heavy atom. The Morgan fingerprint density at radius 3 is 1.41 bits per heavy atom. The number of ether oxygens (including phenoxy) is 2. The molecule has 0 aliphatic carbocycles. The van der Waals surface area contributed by atoms with Crippen LogP contribution < -0.4 is 5.32 Å². The number of unbranched alkanes of at least 4 members (excludes halogenated alkanes) is 27. The number of carbonyl (C=O) groups excluding carboxylic acids is 1. The number of rotatable bonds is 47. The molecule has 6 N–H and O–H groups in total. The predicted molar refractivity (Wildman–Crippen MR) is 285 cm³/mol. The van der Waals surface area contributed by atoms with E-state index in [0.717, 1.165) is 64.2 Å². The first-order chi connectivity index (χ1) is 33.3. The monoisotopic (exact) mass is 956 g/mol. The molecule has 9 heteroatoms. The molecule has 1 fully saturated rings. The smallest absolute Gasteiger partial charge is 0.220 e. The number of amides is 1. The number of hydrogen-bond donors (Lipinski definition) is 6. The number of allylic oxidation sites excluding steroid dienone is 11. The first-order valence-corrected chi connectivity index (χ1v) is 28.2. The van der Waals surface area contributed by atoms with Gasteiger partial charge in [-0.1, -0.05) is 234 Å². The van der Waals surface area contributed by atoms with Crippen LogP contribution in [0.1, 0.15) is 239 Å². The number of carbonyl (C=O) groups is 1. The summed E-state index contributed by atoms with van der Waals surface area (Å²) in [6, 6.07) is -0.822. The highest BCUT2D eigenvalue weighted by Gasteiger charge is 2.44. The summed E-state index contributed by atoms with van der Waals surface area (Å²) in [6.07, 6.45) is 59.7. The van der Waals surface area contributed by atoms with E-state index in [2.05, 4.69) is 79.9 Å². The Bertz CT molecular complexity index is 1290. The topological polar surface area (TPSA) is 149 Å². The summed E-state index contributed by atoms with van der Waals surface area (Å²) in [7, 11) is 0. The van der Waals surface area contributed by atoms with Crippen molar-refractivity contribution in [2.45, 2.75) is 281 Å². The zero-order chi connectivity index (χ0) is 49.4. The standard InChI is InChI=1S/C59H105NO8/c1-3-5-7-9-11-13-15-17-19-20-21-22-23-24-25-26-27-28-29-30-31-32-33-34-35-37-39-41-43-45-47-49-55(63)60-52(51-67-59-58(66)57(65)56(64)54(50-61)68-59)53(62)48-46-44-42-40-38-36-18-16-14-12-10-8-6-4-2/h5,7,11,13,17,19,21-22,38,40,46,48,52-54,56-59,61-62,64-66H,3-4,6,8-10,12,14-16,18,20,23-37,39,41-45,47,49-51H2,1-2H3,(H,60,63)/b7-5-,13-11-,19-17-,22-21-,40-38+,48-46+. The minimum atomic E-state index is -1.57. The van der Waals surface area contributed by atoms with Crippen LogP contribution in [0.15, 0.2) is 72.9 Å². The molecule has 0 aromatic carbocycles. The molecule has 7 unspecified atom stereocenters. The van der Waals surface area contributed by atoms with Crippen LogP contribution in [0.5, 0.6) is 0 Å². The molecule has 0 spiro atoms. The largest absolute Gasteiger partial charge is 0.394 e. The van der Waals surface area contributed by atoms with Crippen LogP contribution >= 0.6 is 0 Å². The van der Waals surface area contributed by atoms with E-state index >= 15 is 0 Å². The van der Waals surface area contributed by atoms with Gasteiger partial charge in [0.1, 0.15) is 24.4 Å². The van der Waals surface area contributed by atoms with E-state index in [9.17, 15) is 30.3 Å². The molecule has 1 saturated heterocycles. The van der Waals surface area contributed by atoms with E-state index in [1.54, 1.807) is 6.08 Å². The minimum Gasteiger partial charge on any atom is -0.394 e. The highest BCUT2D eigenvalue weighted by molar-refractivity contribution is 5.76. The average Bonchev–Trinajstić information content (AvgIpc) is 3.34. The molecular weight excluding hydrogens is 851 g/mol. The number of hydrogen-bond acceptors (Lipinski definition) is 8. The molecule has 9 nitrogen and oxygen atoms in total. The zero-order valence-electron chi connectivity index (χ0n) is 43.6. The van der Waals surface area contributed by atoms with Crippen LogP contribution in [-0.2, 0) is 14.3 Å². The fourth-order valence-corrected chi connectivity index (χ4v) is 8.58. The number of nitrogens with one attached hydrogen (secondary N) is 1. The van der Waals surface area contributed by atoms with Crippen LogP contribution in [0.25, 0.3) is 0 Å². The van der Waals surface area contributed by atoms with Crippen molar-refractivity contribution in [3.63, 3.8) is 0 Å². The van der Waals surface area contributed by atoms with Crippen molar-refractivity contribution in [3.05, 3.63) is 72.9 Å². The fraction of sp³-hybridized carbons (Fsp3) is 0.780. The fourth-order valence-electron chi connectivity index (χ4n) is 8.58. The predicted octanol–water partition coefficient (Wildman–Crippen LogP) is 13.7. The molecule has 0 aromatic rings. The molecule has 1 amide bonds. The normalized spacial score (nSPS) is 20.1. The van der Waals surface area contributed by atoms with Crippen molar-refractivity contribution < 1.29 is 39.8 Å². The van der Waals surface area contributed by atoms with Crippen molar-refractivity contribution >= 4 is 5.91 Å². The van der Waals surface area contributed by atoms with E-state index in [1.807, 2.05) is 6.08 Å². The molecule has 7 atom stereocenters. The zero-order valence-corrected chi connectivity index (χ0v) is 43.6. The van der Waals surface area contributed by atoms with Crippen LogP contribution in [0.2, 0.25) is 0 Å². The SMILES string of the molecule is CC/C=C\C/C=C\C/C=C\C/C=C\CCCCCCCCCCCCCCCCCCCCC(=O)NC(COC1OC(CO)C(O)C(O)C1O)C(O)/C=C/CC/C=C/CCCCCCCCCC. The molecule has 1 aliphatic rings. The summed E-state index contributed by atoms with van der Waals surface area (Å²) >= 11 is 0. The van der Waals surface area contributed by atoms with Crippen molar-refractivity contribution in [2.75, 3.05) is 13.2 Å². The maximum Gasteiger partial charge on any atom is 0.220 e. The summed E-state index contributed by atoms with van der Waals surface area (Å²) in [5, 5.41) is 54.4. The molecule has 68 heavy (non-hydrogen) atoms. The van der Waals surface area contributed by atoms with Crippen molar-refractivity contribution in [2.24, 2.45) is 0 Å². The van der Waals surface area contributed by atoms with Crippen molar-refractivity contribution in [3.8, 4) is 0 Å². The Hall–Kier alpha value is -2.37. The van der Waals surface area contributed by atoms with Gasteiger partial charge in [-0.3, -0.25) is 4.79 Å². The highest BCUT2D eigenvalue weighted by Crippen LogP contribution is 2.23. The van der Waals surface area contributed by atoms with Gasteiger partial charge in [0.05, 0.1) is 25.4 Å². The summed E-state index contributed by atoms with van der Waals surface area (Å²) in [4.78, 5) is 13.0. The quantitative estimate of drug-likeness (QED) is 0.0261. The lowest BCUT2D eigenvalue weighted by atomic mass is 9.99. The van der Waals surface area contributed by atoms with Gasteiger partial charge in [-0.25, -0.2) is 0 Å². The third kappa shape index (κ3) is 37.5. The average molecular weight is 956 g/mol.